The normalized spacial score (nSPS) is 24.5. The van der Waals surface area contributed by atoms with Crippen molar-refractivity contribution in [3.63, 3.8) is 0 Å². The van der Waals surface area contributed by atoms with Gasteiger partial charge in [0.1, 0.15) is 18.8 Å². The first kappa shape index (κ1) is 20.4. The van der Waals surface area contributed by atoms with Crippen LogP contribution in [-0.4, -0.2) is 52.3 Å². The minimum atomic E-state index is -0.554. The molecule has 6 rings (SSSR count). The third-order valence-corrected chi connectivity index (χ3v) is 6.29. The van der Waals surface area contributed by atoms with Crippen LogP contribution in [0.5, 0.6) is 6.01 Å². The van der Waals surface area contributed by atoms with Gasteiger partial charge >= 0.3 is 0 Å². The minimum Gasteiger partial charge on any atom is -0.456 e. The number of carbonyl (C=O) groups excluding carboxylic acids is 1. The number of ether oxygens (including phenoxy) is 3. The molecule has 8 heteroatoms. The van der Waals surface area contributed by atoms with E-state index in [1.54, 1.807) is 6.07 Å². The van der Waals surface area contributed by atoms with Crippen LogP contribution < -0.4 is 4.74 Å². The quantitative estimate of drug-likeness (QED) is 0.628. The predicted octanol–water partition coefficient (Wildman–Crippen LogP) is 4.15. The number of benzene rings is 1. The van der Waals surface area contributed by atoms with Crippen molar-refractivity contribution < 1.29 is 19.0 Å². The molecule has 0 amide bonds. The number of nitrogens with one attached hydrogen (secondary N) is 1. The maximum absolute atomic E-state index is 11.8. The Kier molecular flexibility index (Phi) is 5.10. The van der Waals surface area contributed by atoms with Crippen LogP contribution in [0.3, 0.4) is 0 Å². The summed E-state index contributed by atoms with van der Waals surface area (Å²) in [6.45, 7) is 0.325. The van der Waals surface area contributed by atoms with Crippen molar-refractivity contribution >= 4 is 39.7 Å². The Hall–Kier alpha value is -3.26. The number of rotatable bonds is 4. The van der Waals surface area contributed by atoms with Gasteiger partial charge in [0, 0.05) is 0 Å². The van der Waals surface area contributed by atoms with Crippen molar-refractivity contribution in [3.8, 4) is 6.01 Å². The van der Waals surface area contributed by atoms with Crippen LogP contribution in [0.1, 0.15) is 17.7 Å². The Morgan fingerprint density at radius 2 is 1.88 bits per heavy atom. The molecule has 0 spiro atoms. The fourth-order valence-corrected chi connectivity index (χ4v) is 4.62. The van der Waals surface area contributed by atoms with E-state index in [9.17, 15) is 4.79 Å². The number of halogens is 1. The lowest BCUT2D eigenvalue weighted by Gasteiger charge is -2.14. The minimum absolute atomic E-state index is 0.0524. The van der Waals surface area contributed by atoms with E-state index < -0.39 is 18.3 Å². The second-order valence-corrected chi connectivity index (χ2v) is 8.55. The number of aromatic amines is 1. The van der Waals surface area contributed by atoms with E-state index >= 15 is 0 Å². The van der Waals surface area contributed by atoms with Gasteiger partial charge in [0.25, 0.3) is 6.01 Å². The average Bonchev–Trinajstić information content (AvgIpc) is 3.45. The summed E-state index contributed by atoms with van der Waals surface area (Å²) in [7, 11) is 0. The number of fused-ring (bicyclic) bond motifs is 2. The monoisotopic (exact) mass is 461 g/mol. The summed E-state index contributed by atoms with van der Waals surface area (Å²) in [5.41, 5.74) is 5.07. The summed E-state index contributed by atoms with van der Waals surface area (Å²) in [4.78, 5) is 24.1. The van der Waals surface area contributed by atoms with E-state index in [4.69, 9.17) is 30.8 Å². The van der Waals surface area contributed by atoms with Crippen LogP contribution in [0.2, 0.25) is 5.02 Å². The van der Waals surface area contributed by atoms with Gasteiger partial charge in [-0.1, -0.05) is 66.2 Å². The molecule has 4 heterocycles. The SMILES string of the molecule is O=C1COC2C1OC[C@@H]2Oc1nc2nc(C3=CCC=C(c4ccccc4)C=C3)c(Cl)cc2[nH]1. The first-order valence-corrected chi connectivity index (χ1v) is 11.2. The zero-order valence-electron chi connectivity index (χ0n) is 17.5. The van der Waals surface area contributed by atoms with Gasteiger partial charge in [-0.25, -0.2) is 4.98 Å². The number of carbonyl (C=O) groups is 1. The van der Waals surface area contributed by atoms with Gasteiger partial charge < -0.3 is 19.2 Å². The topological polar surface area (TPSA) is 86.3 Å². The third-order valence-electron chi connectivity index (χ3n) is 6.01. The van der Waals surface area contributed by atoms with Crippen molar-refractivity contribution in [2.24, 2.45) is 0 Å². The van der Waals surface area contributed by atoms with E-state index in [1.165, 1.54) is 0 Å². The zero-order valence-corrected chi connectivity index (χ0v) is 18.3. The maximum atomic E-state index is 11.8. The molecule has 1 aromatic carbocycles. The molecule has 166 valence electrons. The van der Waals surface area contributed by atoms with E-state index in [2.05, 4.69) is 40.3 Å². The highest BCUT2D eigenvalue weighted by Crippen LogP contribution is 2.32. The predicted molar refractivity (Wildman–Crippen MR) is 124 cm³/mol. The molecule has 3 aliphatic rings. The number of hydrogen-bond acceptors (Lipinski definition) is 6. The highest BCUT2D eigenvalue weighted by atomic mass is 35.5. The molecule has 1 N–H and O–H groups in total. The van der Waals surface area contributed by atoms with Crippen LogP contribution in [-0.2, 0) is 14.3 Å². The summed E-state index contributed by atoms with van der Waals surface area (Å²) in [6.07, 6.45) is 7.77. The molecule has 2 fully saturated rings. The molecule has 2 saturated heterocycles. The van der Waals surface area contributed by atoms with Crippen LogP contribution in [0.25, 0.3) is 22.3 Å². The van der Waals surface area contributed by atoms with Gasteiger partial charge in [-0.05, 0) is 29.2 Å². The first-order chi connectivity index (χ1) is 16.2. The maximum Gasteiger partial charge on any atom is 0.296 e. The molecule has 0 bridgehead atoms. The standard InChI is InChI=1S/C25H20ClN3O4/c26-17-11-18-24(29-25(27-18)33-20-13-32-22-19(30)12-31-23(20)22)28-21(17)16-8-4-7-15(9-10-16)14-5-2-1-3-6-14/h1-3,5-11,20,22-23H,4,12-13H2,(H,27,28,29)/t20-,22?,23?/m0/s1. The third kappa shape index (κ3) is 3.78. The van der Waals surface area contributed by atoms with E-state index in [-0.39, 0.29) is 19.0 Å². The van der Waals surface area contributed by atoms with Crippen molar-refractivity contribution in [2.45, 2.75) is 24.7 Å². The Bertz CT molecular complexity index is 1330. The van der Waals surface area contributed by atoms with Gasteiger partial charge in [0.15, 0.2) is 17.5 Å². The van der Waals surface area contributed by atoms with Crippen molar-refractivity contribution in [1.29, 1.82) is 0 Å². The van der Waals surface area contributed by atoms with E-state index in [1.807, 2.05) is 24.3 Å². The Morgan fingerprint density at radius 3 is 2.76 bits per heavy atom. The molecule has 2 aromatic heterocycles. The molecule has 33 heavy (non-hydrogen) atoms. The highest BCUT2D eigenvalue weighted by Gasteiger charge is 2.48. The Balaban J connectivity index is 1.25. The van der Waals surface area contributed by atoms with Gasteiger partial charge in [0.2, 0.25) is 0 Å². The van der Waals surface area contributed by atoms with Crippen LogP contribution >= 0.6 is 11.6 Å². The van der Waals surface area contributed by atoms with Gasteiger partial charge in [-0.15, -0.1) is 0 Å². The number of aromatic nitrogens is 3. The van der Waals surface area contributed by atoms with Crippen LogP contribution in [0.4, 0.5) is 0 Å². The number of H-pyrrole nitrogens is 1. The van der Waals surface area contributed by atoms with Crippen molar-refractivity contribution in [1.82, 2.24) is 15.0 Å². The fraction of sp³-hybridized carbons (Fsp3) is 0.240. The number of allylic oxidation sites excluding steroid dienone is 6. The molecule has 1 aliphatic carbocycles. The Labute approximate surface area is 194 Å². The zero-order chi connectivity index (χ0) is 22.4. The largest absolute Gasteiger partial charge is 0.456 e. The highest BCUT2D eigenvalue weighted by molar-refractivity contribution is 6.32. The number of hydrogen-bond donors (Lipinski definition) is 1. The first-order valence-electron chi connectivity index (χ1n) is 10.8. The second-order valence-electron chi connectivity index (χ2n) is 8.14. The lowest BCUT2D eigenvalue weighted by atomic mass is 10.0. The van der Waals surface area contributed by atoms with Gasteiger partial charge in [0.05, 0.1) is 22.8 Å². The molecule has 2 aliphatic heterocycles. The smallest absolute Gasteiger partial charge is 0.296 e. The molecule has 0 radical (unpaired) electrons. The second kappa shape index (κ2) is 8.26. The van der Waals surface area contributed by atoms with E-state index in [0.29, 0.717) is 27.9 Å². The van der Waals surface area contributed by atoms with Crippen LogP contribution in [0.15, 0.2) is 60.7 Å². The molecule has 3 atom stereocenters. The van der Waals surface area contributed by atoms with Gasteiger partial charge in [-0.2, -0.15) is 4.98 Å². The lowest BCUT2D eigenvalue weighted by Crippen LogP contribution is -2.33. The average molecular weight is 462 g/mol. The summed E-state index contributed by atoms with van der Waals surface area (Å²) < 4.78 is 17.0. The van der Waals surface area contributed by atoms with E-state index in [0.717, 1.165) is 23.1 Å². The summed E-state index contributed by atoms with van der Waals surface area (Å²) in [5.74, 6) is -0.0524. The number of pyridine rings is 1. The molecule has 2 unspecified atom stereocenters. The Morgan fingerprint density at radius 1 is 1.06 bits per heavy atom. The summed E-state index contributed by atoms with van der Waals surface area (Å²) in [5, 5.41) is 0.519. The molecule has 3 aromatic rings. The van der Waals surface area contributed by atoms with Crippen molar-refractivity contribution in [2.75, 3.05) is 13.2 Å². The van der Waals surface area contributed by atoms with Crippen molar-refractivity contribution in [3.05, 3.63) is 77.0 Å². The number of nitrogens with zero attached hydrogens (tertiary/aromatic N) is 2. The number of Topliss-reactive ketones (excluding diaryl/α,β-unsaturated/α-hetero) is 1. The summed E-state index contributed by atoms with van der Waals surface area (Å²) >= 11 is 6.59. The molecular weight excluding hydrogens is 442 g/mol. The fourth-order valence-electron chi connectivity index (χ4n) is 4.36. The molecular formula is C25H20ClN3O4. The summed E-state index contributed by atoms with van der Waals surface area (Å²) in [6, 6.07) is 12.3. The van der Waals surface area contributed by atoms with Gasteiger partial charge in [-0.3, -0.25) is 4.79 Å². The number of ketones is 1. The number of imidazole rings is 1. The van der Waals surface area contributed by atoms with Crippen LogP contribution in [0, 0.1) is 0 Å². The molecule has 0 saturated carbocycles. The lowest BCUT2D eigenvalue weighted by molar-refractivity contribution is -0.125. The molecule has 7 nitrogen and oxygen atoms in total.